The van der Waals surface area contributed by atoms with Gasteiger partial charge in [-0.05, 0) is 24.3 Å². The maximum absolute atomic E-state index is 5.97. The van der Waals surface area contributed by atoms with Crippen molar-refractivity contribution in [2.24, 2.45) is 0 Å². The van der Waals surface area contributed by atoms with Gasteiger partial charge in [-0.2, -0.15) is 0 Å². The number of hydrogen-bond donors (Lipinski definition) is 1. The average Bonchev–Trinajstić information content (AvgIpc) is 2.83. The summed E-state index contributed by atoms with van der Waals surface area (Å²) in [4.78, 5) is 1.34. The molecule has 0 aliphatic carbocycles. The molecule has 1 atom stereocenters. The Hall–Kier alpha value is -0.380. The van der Waals surface area contributed by atoms with Crippen LogP contribution in [0.15, 0.2) is 17.5 Å². The van der Waals surface area contributed by atoms with E-state index in [1.807, 2.05) is 0 Å². The fourth-order valence-corrected chi connectivity index (χ4v) is 2.82. The van der Waals surface area contributed by atoms with Gasteiger partial charge in [-0.25, -0.2) is 0 Å². The van der Waals surface area contributed by atoms with Crippen molar-refractivity contribution < 1.29 is 4.74 Å². The molecule has 0 radical (unpaired) electrons. The molecule has 1 aliphatic rings. The summed E-state index contributed by atoms with van der Waals surface area (Å²) >= 11 is 1.78. The molecule has 3 heteroatoms. The largest absolute Gasteiger partial charge is 0.369 e. The summed E-state index contributed by atoms with van der Waals surface area (Å²) in [5.41, 5.74) is 0.216. The third kappa shape index (κ3) is 2.25. The molecule has 2 rings (SSSR count). The van der Waals surface area contributed by atoms with E-state index in [1.165, 1.54) is 4.88 Å². The van der Waals surface area contributed by atoms with Crippen LogP contribution >= 0.6 is 11.3 Å². The standard InChI is InChI=1S/C12H19NOS/c1-3-12(4-2)9-14-10(8-13-12)11-6-5-7-15-11/h5-7,10,13H,3-4,8-9H2,1-2H3. The second-order valence-corrected chi connectivity index (χ2v) is 5.16. The Labute approximate surface area is 95.6 Å². The third-order valence-corrected chi connectivity index (χ3v) is 4.40. The van der Waals surface area contributed by atoms with Gasteiger partial charge in [0.05, 0.1) is 6.61 Å². The molecule has 1 fully saturated rings. The third-order valence-electron chi connectivity index (χ3n) is 3.44. The highest BCUT2D eigenvalue weighted by Gasteiger charge is 2.33. The molecule has 2 heterocycles. The van der Waals surface area contributed by atoms with Gasteiger partial charge in [0, 0.05) is 17.0 Å². The van der Waals surface area contributed by atoms with E-state index in [0.29, 0.717) is 0 Å². The number of nitrogens with one attached hydrogen (secondary N) is 1. The van der Waals surface area contributed by atoms with Crippen LogP contribution in [0.1, 0.15) is 37.7 Å². The van der Waals surface area contributed by atoms with Crippen LogP contribution in [0.5, 0.6) is 0 Å². The molecule has 0 amide bonds. The molecular weight excluding hydrogens is 206 g/mol. The average molecular weight is 225 g/mol. The summed E-state index contributed by atoms with van der Waals surface area (Å²) in [6.07, 6.45) is 2.54. The van der Waals surface area contributed by atoms with Crippen LogP contribution < -0.4 is 5.32 Å². The van der Waals surface area contributed by atoms with Gasteiger partial charge in [-0.3, -0.25) is 0 Å². The van der Waals surface area contributed by atoms with Crippen LogP contribution in [0.4, 0.5) is 0 Å². The summed E-state index contributed by atoms with van der Waals surface area (Å²) in [5.74, 6) is 0. The molecule has 1 N–H and O–H groups in total. The maximum Gasteiger partial charge on any atom is 0.104 e. The molecule has 1 aromatic rings. The fraction of sp³-hybridized carbons (Fsp3) is 0.667. The molecule has 1 aromatic heterocycles. The van der Waals surface area contributed by atoms with E-state index >= 15 is 0 Å². The van der Waals surface area contributed by atoms with E-state index in [4.69, 9.17) is 4.74 Å². The van der Waals surface area contributed by atoms with E-state index in [0.717, 1.165) is 26.0 Å². The van der Waals surface area contributed by atoms with Crippen LogP contribution in [0.2, 0.25) is 0 Å². The maximum atomic E-state index is 5.97. The van der Waals surface area contributed by atoms with Gasteiger partial charge in [0.15, 0.2) is 0 Å². The molecule has 1 saturated heterocycles. The molecule has 0 aromatic carbocycles. The van der Waals surface area contributed by atoms with Crippen molar-refractivity contribution in [2.45, 2.75) is 38.3 Å². The van der Waals surface area contributed by atoms with Gasteiger partial charge in [0.1, 0.15) is 6.10 Å². The van der Waals surface area contributed by atoms with Gasteiger partial charge >= 0.3 is 0 Å². The summed E-state index contributed by atoms with van der Waals surface area (Å²) in [7, 11) is 0. The Morgan fingerprint density at radius 1 is 1.53 bits per heavy atom. The minimum absolute atomic E-state index is 0.216. The second kappa shape index (κ2) is 4.64. The first-order valence-corrected chi connectivity index (χ1v) is 6.57. The van der Waals surface area contributed by atoms with Gasteiger partial charge < -0.3 is 10.1 Å². The lowest BCUT2D eigenvalue weighted by Crippen LogP contribution is -2.54. The highest BCUT2D eigenvalue weighted by molar-refractivity contribution is 7.10. The zero-order valence-electron chi connectivity index (χ0n) is 9.45. The normalized spacial score (nSPS) is 25.3. The minimum Gasteiger partial charge on any atom is -0.369 e. The molecule has 84 valence electrons. The van der Waals surface area contributed by atoms with Crippen LogP contribution in [-0.4, -0.2) is 18.7 Å². The SMILES string of the molecule is CCC1(CC)COC(c2cccs2)CN1. The van der Waals surface area contributed by atoms with Crippen molar-refractivity contribution in [3.63, 3.8) is 0 Å². The van der Waals surface area contributed by atoms with Crippen molar-refractivity contribution in [3.8, 4) is 0 Å². The Morgan fingerprint density at radius 2 is 2.33 bits per heavy atom. The van der Waals surface area contributed by atoms with Crippen LogP contribution in [0.3, 0.4) is 0 Å². The second-order valence-electron chi connectivity index (χ2n) is 4.18. The minimum atomic E-state index is 0.216. The quantitative estimate of drug-likeness (QED) is 0.854. The predicted molar refractivity (Wildman–Crippen MR) is 64.3 cm³/mol. The summed E-state index contributed by atoms with van der Waals surface area (Å²) in [6.45, 7) is 6.24. The number of ether oxygens (including phenoxy) is 1. The topological polar surface area (TPSA) is 21.3 Å². The van der Waals surface area contributed by atoms with Gasteiger partial charge in [0.25, 0.3) is 0 Å². The number of morpholine rings is 1. The van der Waals surface area contributed by atoms with Crippen LogP contribution in [0.25, 0.3) is 0 Å². The Balaban J connectivity index is 1.97. The summed E-state index contributed by atoms with van der Waals surface area (Å²) in [5, 5.41) is 5.76. The molecule has 1 aliphatic heterocycles. The molecule has 0 saturated carbocycles. The van der Waals surface area contributed by atoms with E-state index in [2.05, 4.69) is 36.7 Å². The lowest BCUT2D eigenvalue weighted by molar-refractivity contribution is -0.0358. The molecule has 0 bridgehead atoms. The van der Waals surface area contributed by atoms with Crippen molar-refractivity contribution in [2.75, 3.05) is 13.2 Å². The molecule has 0 spiro atoms. The monoisotopic (exact) mass is 225 g/mol. The van der Waals surface area contributed by atoms with E-state index in [-0.39, 0.29) is 11.6 Å². The lowest BCUT2D eigenvalue weighted by atomic mass is 9.92. The first-order chi connectivity index (χ1) is 7.29. The molecule has 2 nitrogen and oxygen atoms in total. The first kappa shape index (κ1) is 11.1. The first-order valence-electron chi connectivity index (χ1n) is 5.69. The Morgan fingerprint density at radius 3 is 2.80 bits per heavy atom. The van der Waals surface area contributed by atoms with Crippen molar-refractivity contribution in [1.29, 1.82) is 0 Å². The van der Waals surface area contributed by atoms with Crippen LogP contribution in [-0.2, 0) is 4.74 Å². The number of thiophene rings is 1. The van der Waals surface area contributed by atoms with E-state index in [1.54, 1.807) is 11.3 Å². The molecule has 15 heavy (non-hydrogen) atoms. The highest BCUT2D eigenvalue weighted by atomic mass is 32.1. The van der Waals surface area contributed by atoms with Gasteiger partial charge in [-0.1, -0.05) is 19.9 Å². The van der Waals surface area contributed by atoms with Gasteiger partial charge in [0.2, 0.25) is 0 Å². The van der Waals surface area contributed by atoms with Crippen molar-refractivity contribution >= 4 is 11.3 Å². The summed E-state index contributed by atoms with van der Waals surface area (Å²) < 4.78 is 5.97. The zero-order valence-corrected chi connectivity index (χ0v) is 10.3. The molecule has 1 unspecified atom stereocenters. The lowest BCUT2D eigenvalue weighted by Gasteiger charge is -2.40. The van der Waals surface area contributed by atoms with Crippen molar-refractivity contribution in [1.82, 2.24) is 5.32 Å². The Kier molecular flexibility index (Phi) is 3.44. The number of hydrogen-bond acceptors (Lipinski definition) is 3. The highest BCUT2D eigenvalue weighted by Crippen LogP contribution is 2.29. The summed E-state index contributed by atoms with van der Waals surface area (Å²) in [6, 6.07) is 4.24. The molecular formula is C12H19NOS. The van der Waals surface area contributed by atoms with Gasteiger partial charge in [-0.15, -0.1) is 11.3 Å². The zero-order chi connectivity index (χ0) is 10.7. The number of rotatable bonds is 3. The Bertz CT molecular complexity index is 283. The van der Waals surface area contributed by atoms with Crippen LogP contribution in [0, 0.1) is 0 Å². The van der Waals surface area contributed by atoms with Crippen molar-refractivity contribution in [3.05, 3.63) is 22.4 Å². The smallest absolute Gasteiger partial charge is 0.104 e. The fourth-order valence-electron chi connectivity index (χ4n) is 2.04. The predicted octanol–water partition coefficient (Wildman–Crippen LogP) is 2.97. The van der Waals surface area contributed by atoms with E-state index < -0.39 is 0 Å². The van der Waals surface area contributed by atoms with E-state index in [9.17, 15) is 0 Å².